The van der Waals surface area contributed by atoms with Crippen LogP contribution in [0.5, 0.6) is 11.5 Å². The van der Waals surface area contributed by atoms with Gasteiger partial charge in [0.2, 0.25) is 5.89 Å². The van der Waals surface area contributed by atoms with Crippen LogP contribution in [0.25, 0.3) is 22.7 Å². The zero-order chi connectivity index (χ0) is 19.8. The van der Waals surface area contributed by atoms with E-state index in [0.29, 0.717) is 47.4 Å². The number of oxazole rings is 1. The summed E-state index contributed by atoms with van der Waals surface area (Å²) in [7, 11) is -3.88. The Morgan fingerprint density at radius 3 is 2.66 bits per heavy atom. The predicted octanol–water partition coefficient (Wildman–Crippen LogP) is 2.86. The maximum absolute atomic E-state index is 12.8. The van der Waals surface area contributed by atoms with Gasteiger partial charge in [-0.3, -0.25) is 4.72 Å². The van der Waals surface area contributed by atoms with Gasteiger partial charge < -0.3 is 13.9 Å². The molecule has 4 aromatic rings. The number of anilines is 1. The van der Waals surface area contributed by atoms with Crippen molar-refractivity contribution in [2.24, 2.45) is 0 Å². The average molecular weight is 410 g/mol. The first-order valence-electron chi connectivity index (χ1n) is 8.69. The van der Waals surface area contributed by atoms with Gasteiger partial charge in [0.15, 0.2) is 22.7 Å². The summed E-state index contributed by atoms with van der Waals surface area (Å²) < 4.78 is 44.6. The van der Waals surface area contributed by atoms with Crippen molar-refractivity contribution in [1.82, 2.24) is 15.0 Å². The molecular formula is C19H14N4O5S. The minimum atomic E-state index is -3.88. The van der Waals surface area contributed by atoms with E-state index < -0.39 is 10.0 Å². The molecule has 0 fully saturated rings. The summed E-state index contributed by atoms with van der Waals surface area (Å²) in [6.45, 7) is 0.798. The van der Waals surface area contributed by atoms with Crippen LogP contribution in [-0.2, 0) is 10.0 Å². The molecule has 1 aliphatic rings. The maximum Gasteiger partial charge on any atom is 0.263 e. The summed E-state index contributed by atoms with van der Waals surface area (Å²) in [6, 6.07) is 11.2. The second kappa shape index (κ2) is 6.74. The minimum absolute atomic E-state index is 0.0417. The molecule has 0 radical (unpaired) electrons. The number of sulfonamides is 1. The molecule has 9 nitrogen and oxygen atoms in total. The third-order valence-electron chi connectivity index (χ3n) is 4.23. The minimum Gasteiger partial charge on any atom is -0.486 e. The van der Waals surface area contributed by atoms with Gasteiger partial charge in [-0.1, -0.05) is 0 Å². The van der Waals surface area contributed by atoms with Gasteiger partial charge in [-0.2, -0.15) is 4.98 Å². The van der Waals surface area contributed by atoms with Crippen LogP contribution >= 0.6 is 0 Å². The average Bonchev–Trinajstić information content (AvgIpc) is 3.18. The Kier molecular flexibility index (Phi) is 4.06. The molecule has 0 saturated heterocycles. The number of ether oxygens (including phenoxy) is 2. The molecule has 0 aliphatic carbocycles. The van der Waals surface area contributed by atoms with E-state index >= 15 is 0 Å². The van der Waals surface area contributed by atoms with Gasteiger partial charge >= 0.3 is 0 Å². The molecule has 146 valence electrons. The molecule has 29 heavy (non-hydrogen) atoms. The van der Waals surface area contributed by atoms with Gasteiger partial charge in [0.05, 0.1) is 4.90 Å². The van der Waals surface area contributed by atoms with Crippen LogP contribution in [0.4, 0.5) is 5.82 Å². The Hall–Kier alpha value is -3.66. The lowest BCUT2D eigenvalue weighted by molar-refractivity contribution is 0.171. The van der Waals surface area contributed by atoms with E-state index in [1.165, 1.54) is 18.3 Å². The van der Waals surface area contributed by atoms with Gasteiger partial charge in [-0.25, -0.2) is 18.4 Å². The Morgan fingerprint density at radius 2 is 1.79 bits per heavy atom. The second-order valence-electron chi connectivity index (χ2n) is 6.18. The van der Waals surface area contributed by atoms with Gasteiger partial charge in [-0.15, -0.1) is 0 Å². The maximum atomic E-state index is 12.8. The number of fused-ring (bicyclic) bond motifs is 2. The second-order valence-corrected chi connectivity index (χ2v) is 7.87. The standard InChI is InChI=1S/C19H14N4O5S/c24-29(25,13-3-4-14-16(11-13)27-9-8-26-14)23-17-10-12(5-7-20-17)19-22-18-15(28-19)2-1-6-21-18/h1-7,10-11H,8-9H2,(H,20,23). The first-order valence-corrected chi connectivity index (χ1v) is 10.2. The van der Waals surface area contributed by atoms with Crippen molar-refractivity contribution >= 4 is 27.1 Å². The highest BCUT2D eigenvalue weighted by atomic mass is 32.2. The van der Waals surface area contributed by atoms with E-state index in [0.717, 1.165) is 0 Å². The van der Waals surface area contributed by atoms with Crippen molar-refractivity contribution in [1.29, 1.82) is 0 Å². The Balaban J connectivity index is 1.45. The van der Waals surface area contributed by atoms with Crippen molar-refractivity contribution in [2.45, 2.75) is 4.90 Å². The summed E-state index contributed by atoms with van der Waals surface area (Å²) in [6.07, 6.45) is 3.09. The molecule has 1 aromatic carbocycles. The van der Waals surface area contributed by atoms with Gasteiger partial charge in [0.25, 0.3) is 10.0 Å². The van der Waals surface area contributed by atoms with Gasteiger partial charge in [0, 0.05) is 24.0 Å². The largest absolute Gasteiger partial charge is 0.486 e. The monoisotopic (exact) mass is 410 g/mol. The van der Waals surface area contributed by atoms with Crippen molar-refractivity contribution in [3.05, 3.63) is 54.9 Å². The smallest absolute Gasteiger partial charge is 0.263 e. The third-order valence-corrected chi connectivity index (χ3v) is 5.59. The number of rotatable bonds is 4. The van der Waals surface area contributed by atoms with Crippen molar-refractivity contribution in [2.75, 3.05) is 17.9 Å². The summed E-state index contributed by atoms with van der Waals surface area (Å²) >= 11 is 0. The van der Waals surface area contributed by atoms with Crippen LogP contribution in [0.1, 0.15) is 0 Å². The number of nitrogens with zero attached hydrogens (tertiary/aromatic N) is 3. The Morgan fingerprint density at radius 1 is 0.931 bits per heavy atom. The van der Waals surface area contributed by atoms with Crippen LogP contribution in [0.15, 0.2) is 64.2 Å². The van der Waals surface area contributed by atoms with Crippen LogP contribution in [0.3, 0.4) is 0 Å². The van der Waals surface area contributed by atoms with E-state index in [1.807, 2.05) is 0 Å². The van der Waals surface area contributed by atoms with Crippen molar-refractivity contribution < 1.29 is 22.3 Å². The van der Waals surface area contributed by atoms with E-state index in [-0.39, 0.29) is 10.7 Å². The fourth-order valence-electron chi connectivity index (χ4n) is 2.90. The van der Waals surface area contributed by atoms with Crippen LogP contribution in [0, 0.1) is 0 Å². The molecule has 1 N–H and O–H groups in total. The number of hydrogen-bond donors (Lipinski definition) is 1. The zero-order valence-electron chi connectivity index (χ0n) is 14.9. The fourth-order valence-corrected chi connectivity index (χ4v) is 3.91. The first kappa shape index (κ1) is 17.4. The van der Waals surface area contributed by atoms with E-state index in [9.17, 15) is 8.42 Å². The van der Waals surface area contributed by atoms with Crippen LogP contribution in [0.2, 0.25) is 0 Å². The van der Waals surface area contributed by atoms with Gasteiger partial charge in [0.1, 0.15) is 19.0 Å². The molecule has 4 heterocycles. The lowest BCUT2D eigenvalue weighted by Gasteiger charge is -2.19. The Labute approximate surface area is 165 Å². The summed E-state index contributed by atoms with van der Waals surface area (Å²) in [5, 5.41) is 0. The molecule has 0 saturated carbocycles. The molecular weight excluding hydrogens is 396 g/mol. The Bertz CT molecular complexity index is 1290. The summed E-state index contributed by atoms with van der Waals surface area (Å²) in [5.74, 6) is 1.35. The molecule has 3 aromatic heterocycles. The molecule has 0 bridgehead atoms. The quantitative estimate of drug-likeness (QED) is 0.546. The van der Waals surface area contributed by atoms with E-state index in [1.54, 1.807) is 36.5 Å². The number of benzene rings is 1. The molecule has 0 amide bonds. The SMILES string of the molecule is O=S(=O)(Nc1cc(-c2nc3ncccc3o2)ccn1)c1ccc2c(c1)OCCO2. The first-order chi connectivity index (χ1) is 14.1. The number of hydrogen-bond acceptors (Lipinski definition) is 8. The van der Waals surface area contributed by atoms with Crippen LogP contribution in [-0.4, -0.2) is 36.6 Å². The molecule has 0 spiro atoms. The molecule has 5 rings (SSSR count). The zero-order valence-corrected chi connectivity index (χ0v) is 15.7. The molecule has 0 atom stereocenters. The summed E-state index contributed by atoms with van der Waals surface area (Å²) in [5.41, 5.74) is 1.58. The fraction of sp³-hybridized carbons (Fsp3) is 0.105. The third kappa shape index (κ3) is 3.34. The highest BCUT2D eigenvalue weighted by Gasteiger charge is 2.20. The van der Waals surface area contributed by atoms with Gasteiger partial charge in [-0.05, 0) is 36.4 Å². The predicted molar refractivity (Wildman–Crippen MR) is 103 cm³/mol. The number of aromatic nitrogens is 3. The normalized spacial score (nSPS) is 13.4. The molecule has 0 unspecified atom stereocenters. The highest BCUT2D eigenvalue weighted by molar-refractivity contribution is 7.92. The van der Waals surface area contributed by atoms with Crippen LogP contribution < -0.4 is 14.2 Å². The topological polar surface area (TPSA) is 116 Å². The lowest BCUT2D eigenvalue weighted by atomic mass is 10.2. The number of pyridine rings is 2. The summed E-state index contributed by atoms with van der Waals surface area (Å²) in [4.78, 5) is 12.6. The van der Waals surface area contributed by atoms with E-state index in [4.69, 9.17) is 13.9 Å². The van der Waals surface area contributed by atoms with Crippen molar-refractivity contribution in [3.8, 4) is 23.0 Å². The highest BCUT2D eigenvalue weighted by Crippen LogP contribution is 2.33. The lowest BCUT2D eigenvalue weighted by Crippen LogP contribution is -2.17. The molecule has 1 aliphatic heterocycles. The van der Waals surface area contributed by atoms with Crippen molar-refractivity contribution in [3.63, 3.8) is 0 Å². The number of nitrogens with one attached hydrogen (secondary N) is 1. The van der Waals surface area contributed by atoms with E-state index in [2.05, 4.69) is 19.7 Å². The molecule has 10 heteroatoms.